The van der Waals surface area contributed by atoms with Crippen LogP contribution in [0.1, 0.15) is 23.7 Å². The van der Waals surface area contributed by atoms with Crippen LogP contribution in [0.5, 0.6) is 11.5 Å². The SMILES string of the molecule is CCC1CN(C(=O)c2cccc(O)c2O)CCN1C. The highest BCUT2D eigenvalue weighted by molar-refractivity contribution is 5.97. The van der Waals surface area contributed by atoms with Gasteiger partial charge < -0.3 is 15.1 Å². The normalized spacial score (nSPS) is 20.5. The van der Waals surface area contributed by atoms with E-state index in [0.29, 0.717) is 19.1 Å². The van der Waals surface area contributed by atoms with E-state index in [4.69, 9.17) is 0 Å². The van der Waals surface area contributed by atoms with E-state index in [9.17, 15) is 15.0 Å². The Balaban J connectivity index is 2.18. The third kappa shape index (κ3) is 2.66. The molecule has 104 valence electrons. The maximum atomic E-state index is 12.4. The molecule has 1 fully saturated rings. The summed E-state index contributed by atoms with van der Waals surface area (Å²) in [5.74, 6) is -0.813. The van der Waals surface area contributed by atoms with Gasteiger partial charge in [0, 0.05) is 25.7 Å². The van der Waals surface area contributed by atoms with Crippen LogP contribution in [-0.4, -0.2) is 58.6 Å². The highest BCUT2D eigenvalue weighted by atomic mass is 16.3. The zero-order valence-corrected chi connectivity index (χ0v) is 11.3. The van der Waals surface area contributed by atoms with Crippen molar-refractivity contribution in [2.45, 2.75) is 19.4 Å². The first-order valence-corrected chi connectivity index (χ1v) is 6.55. The molecular formula is C14H20N2O3. The number of rotatable bonds is 2. The van der Waals surface area contributed by atoms with E-state index < -0.39 is 0 Å². The van der Waals surface area contributed by atoms with Crippen molar-refractivity contribution < 1.29 is 15.0 Å². The van der Waals surface area contributed by atoms with Gasteiger partial charge in [0.2, 0.25) is 0 Å². The topological polar surface area (TPSA) is 64.0 Å². The lowest BCUT2D eigenvalue weighted by molar-refractivity contribution is 0.0538. The van der Waals surface area contributed by atoms with E-state index in [-0.39, 0.29) is 23.0 Å². The van der Waals surface area contributed by atoms with Crippen LogP contribution in [0.15, 0.2) is 18.2 Å². The number of phenols is 2. The summed E-state index contributed by atoms with van der Waals surface area (Å²) >= 11 is 0. The summed E-state index contributed by atoms with van der Waals surface area (Å²) in [6.07, 6.45) is 0.978. The van der Waals surface area contributed by atoms with Crippen molar-refractivity contribution in [3.8, 4) is 11.5 Å². The lowest BCUT2D eigenvalue weighted by Crippen LogP contribution is -2.52. The summed E-state index contributed by atoms with van der Waals surface area (Å²) in [7, 11) is 2.06. The maximum Gasteiger partial charge on any atom is 0.257 e. The first-order chi connectivity index (χ1) is 9.04. The second-order valence-corrected chi connectivity index (χ2v) is 4.97. The number of piperazine rings is 1. The molecule has 0 aliphatic carbocycles. The van der Waals surface area contributed by atoms with E-state index >= 15 is 0 Å². The Kier molecular flexibility index (Phi) is 3.95. The molecule has 1 saturated heterocycles. The predicted octanol–water partition coefficient (Wildman–Crippen LogP) is 1.26. The summed E-state index contributed by atoms with van der Waals surface area (Å²) in [5.41, 5.74) is 0.166. The summed E-state index contributed by atoms with van der Waals surface area (Å²) in [6.45, 7) is 4.21. The number of benzene rings is 1. The van der Waals surface area contributed by atoms with Crippen LogP contribution in [0, 0.1) is 0 Å². The van der Waals surface area contributed by atoms with Crippen LogP contribution in [0.3, 0.4) is 0 Å². The number of likely N-dealkylation sites (N-methyl/N-ethyl adjacent to an activating group) is 1. The number of nitrogens with zero attached hydrogens (tertiary/aromatic N) is 2. The Morgan fingerprint density at radius 1 is 1.37 bits per heavy atom. The number of aromatic hydroxyl groups is 2. The Labute approximate surface area is 113 Å². The molecule has 0 saturated carbocycles. The molecule has 1 amide bonds. The minimum absolute atomic E-state index is 0.166. The van der Waals surface area contributed by atoms with Crippen molar-refractivity contribution in [1.82, 2.24) is 9.80 Å². The lowest BCUT2D eigenvalue weighted by atomic mass is 10.1. The molecule has 1 heterocycles. The minimum Gasteiger partial charge on any atom is -0.504 e. The number of carbonyl (C=O) groups excluding carboxylic acids is 1. The number of carbonyl (C=O) groups is 1. The molecule has 1 aliphatic rings. The molecule has 1 aromatic rings. The van der Waals surface area contributed by atoms with Crippen LogP contribution < -0.4 is 0 Å². The van der Waals surface area contributed by atoms with Gasteiger partial charge in [-0.25, -0.2) is 0 Å². The fourth-order valence-corrected chi connectivity index (χ4v) is 2.45. The van der Waals surface area contributed by atoms with Crippen molar-refractivity contribution in [3.05, 3.63) is 23.8 Å². The Morgan fingerprint density at radius 2 is 2.11 bits per heavy atom. The van der Waals surface area contributed by atoms with Gasteiger partial charge in [0.15, 0.2) is 11.5 Å². The van der Waals surface area contributed by atoms with Gasteiger partial charge in [-0.1, -0.05) is 13.0 Å². The van der Waals surface area contributed by atoms with E-state index in [1.54, 1.807) is 11.0 Å². The molecule has 19 heavy (non-hydrogen) atoms. The number of para-hydroxylation sites is 1. The van der Waals surface area contributed by atoms with Gasteiger partial charge in [-0.05, 0) is 25.6 Å². The molecule has 2 rings (SSSR count). The van der Waals surface area contributed by atoms with Crippen LogP contribution in [-0.2, 0) is 0 Å². The first kappa shape index (κ1) is 13.7. The molecule has 1 atom stereocenters. The standard InChI is InChI=1S/C14H20N2O3/c1-3-10-9-16(8-7-15(10)2)14(19)11-5-4-6-12(17)13(11)18/h4-6,10,17-18H,3,7-9H2,1-2H3. The first-order valence-electron chi connectivity index (χ1n) is 6.55. The molecule has 2 N–H and O–H groups in total. The highest BCUT2D eigenvalue weighted by Crippen LogP contribution is 2.29. The molecule has 0 bridgehead atoms. The fourth-order valence-electron chi connectivity index (χ4n) is 2.45. The van der Waals surface area contributed by atoms with E-state index in [1.165, 1.54) is 12.1 Å². The van der Waals surface area contributed by atoms with Gasteiger partial charge in [-0.3, -0.25) is 9.69 Å². The third-order valence-electron chi connectivity index (χ3n) is 3.78. The van der Waals surface area contributed by atoms with Crippen LogP contribution in [0.2, 0.25) is 0 Å². The van der Waals surface area contributed by atoms with Crippen molar-refractivity contribution in [2.24, 2.45) is 0 Å². The molecule has 0 aromatic heterocycles. The fraction of sp³-hybridized carbons (Fsp3) is 0.500. The second kappa shape index (κ2) is 5.48. The Hall–Kier alpha value is -1.75. The Bertz CT molecular complexity index is 476. The van der Waals surface area contributed by atoms with Gasteiger partial charge in [0.25, 0.3) is 5.91 Å². The monoisotopic (exact) mass is 264 g/mol. The number of hydrogen-bond donors (Lipinski definition) is 2. The van der Waals surface area contributed by atoms with Crippen LogP contribution in [0.25, 0.3) is 0 Å². The average Bonchev–Trinajstić information content (AvgIpc) is 2.41. The molecule has 1 aromatic carbocycles. The molecular weight excluding hydrogens is 244 g/mol. The molecule has 5 heteroatoms. The average molecular weight is 264 g/mol. The third-order valence-corrected chi connectivity index (χ3v) is 3.78. The zero-order valence-electron chi connectivity index (χ0n) is 11.3. The van der Waals surface area contributed by atoms with Gasteiger partial charge >= 0.3 is 0 Å². The van der Waals surface area contributed by atoms with Crippen molar-refractivity contribution in [3.63, 3.8) is 0 Å². The van der Waals surface area contributed by atoms with Crippen molar-refractivity contribution in [2.75, 3.05) is 26.7 Å². The molecule has 1 aliphatic heterocycles. The predicted molar refractivity (Wildman–Crippen MR) is 72.4 cm³/mol. The van der Waals surface area contributed by atoms with Crippen molar-refractivity contribution in [1.29, 1.82) is 0 Å². The Morgan fingerprint density at radius 3 is 2.79 bits per heavy atom. The molecule has 5 nitrogen and oxygen atoms in total. The van der Waals surface area contributed by atoms with E-state index in [2.05, 4.69) is 18.9 Å². The van der Waals surface area contributed by atoms with Gasteiger partial charge in [-0.2, -0.15) is 0 Å². The molecule has 1 unspecified atom stereocenters. The summed E-state index contributed by atoms with van der Waals surface area (Å²) < 4.78 is 0. The number of amides is 1. The molecule has 0 radical (unpaired) electrons. The van der Waals surface area contributed by atoms with Gasteiger partial charge in [0.1, 0.15) is 0 Å². The van der Waals surface area contributed by atoms with Crippen molar-refractivity contribution >= 4 is 5.91 Å². The maximum absolute atomic E-state index is 12.4. The second-order valence-electron chi connectivity index (χ2n) is 4.97. The van der Waals surface area contributed by atoms with Crippen LogP contribution in [0.4, 0.5) is 0 Å². The highest BCUT2D eigenvalue weighted by Gasteiger charge is 2.28. The van der Waals surface area contributed by atoms with Gasteiger partial charge in [0.05, 0.1) is 5.56 Å². The number of hydrogen-bond acceptors (Lipinski definition) is 4. The van der Waals surface area contributed by atoms with E-state index in [0.717, 1.165) is 13.0 Å². The number of phenolic OH excluding ortho intramolecular Hbond substituents is 2. The smallest absolute Gasteiger partial charge is 0.257 e. The van der Waals surface area contributed by atoms with Crippen LogP contribution >= 0.6 is 0 Å². The van der Waals surface area contributed by atoms with E-state index in [1.807, 2.05) is 0 Å². The van der Waals surface area contributed by atoms with Gasteiger partial charge in [-0.15, -0.1) is 0 Å². The zero-order chi connectivity index (χ0) is 14.0. The summed E-state index contributed by atoms with van der Waals surface area (Å²) in [4.78, 5) is 16.4. The lowest BCUT2D eigenvalue weighted by Gasteiger charge is -2.39. The summed E-state index contributed by atoms with van der Waals surface area (Å²) in [6, 6.07) is 4.81. The largest absolute Gasteiger partial charge is 0.504 e. The minimum atomic E-state index is -0.334. The quantitative estimate of drug-likeness (QED) is 0.789. The summed E-state index contributed by atoms with van der Waals surface area (Å²) in [5, 5.41) is 19.2. The molecule has 0 spiro atoms.